The summed E-state index contributed by atoms with van der Waals surface area (Å²) in [6.07, 6.45) is 0. The molecule has 7 heteroatoms. The zero-order chi connectivity index (χ0) is 15.5. The van der Waals surface area contributed by atoms with E-state index in [-0.39, 0.29) is 0 Å². The number of fused-ring (bicyclic) bond motifs is 1. The van der Waals surface area contributed by atoms with Gasteiger partial charge in [0.25, 0.3) is 5.78 Å². The Bertz CT molecular complexity index is 805. The number of aryl methyl sites for hydroxylation is 2. The lowest BCUT2D eigenvalue weighted by Crippen LogP contribution is -2.02. The van der Waals surface area contributed by atoms with Crippen molar-refractivity contribution in [2.24, 2.45) is 0 Å². The van der Waals surface area contributed by atoms with Crippen LogP contribution >= 0.6 is 23.4 Å². The van der Waals surface area contributed by atoms with E-state index >= 15 is 0 Å². The van der Waals surface area contributed by atoms with E-state index in [0.29, 0.717) is 17.4 Å². The van der Waals surface area contributed by atoms with Gasteiger partial charge in [0, 0.05) is 22.2 Å². The van der Waals surface area contributed by atoms with Crippen LogP contribution < -0.4 is 4.74 Å². The molecule has 2 heterocycles. The number of ether oxygens (including phenoxy) is 1. The van der Waals surface area contributed by atoms with Gasteiger partial charge in [0.1, 0.15) is 5.75 Å². The molecule has 0 saturated carbocycles. The maximum Gasteiger partial charge on any atom is 0.256 e. The molecule has 0 fully saturated rings. The number of thioether (sulfide) groups is 1. The van der Waals surface area contributed by atoms with Crippen LogP contribution in [0.15, 0.2) is 35.5 Å². The average molecular weight is 335 g/mol. The van der Waals surface area contributed by atoms with E-state index in [1.165, 1.54) is 0 Å². The molecule has 22 heavy (non-hydrogen) atoms. The van der Waals surface area contributed by atoms with E-state index in [9.17, 15) is 0 Å². The number of aromatic nitrogens is 4. The summed E-state index contributed by atoms with van der Waals surface area (Å²) in [5.41, 5.74) is 2.02. The van der Waals surface area contributed by atoms with Gasteiger partial charge in [-0.3, -0.25) is 4.40 Å². The Kier molecular flexibility index (Phi) is 4.49. The van der Waals surface area contributed by atoms with E-state index in [4.69, 9.17) is 16.3 Å². The van der Waals surface area contributed by atoms with Crippen molar-refractivity contribution in [3.63, 3.8) is 0 Å². The van der Waals surface area contributed by atoms with Crippen molar-refractivity contribution in [2.75, 3.05) is 12.4 Å². The Morgan fingerprint density at radius 2 is 2.09 bits per heavy atom. The fourth-order valence-corrected chi connectivity index (χ4v) is 3.13. The lowest BCUT2D eigenvalue weighted by molar-refractivity contribution is 0.344. The smallest absolute Gasteiger partial charge is 0.256 e. The lowest BCUT2D eigenvalue weighted by atomic mass is 10.3. The third-order valence-corrected chi connectivity index (χ3v) is 4.17. The van der Waals surface area contributed by atoms with Crippen molar-refractivity contribution in [3.05, 3.63) is 46.7 Å². The highest BCUT2D eigenvalue weighted by atomic mass is 35.5. The minimum absolute atomic E-state index is 0.568. The quantitative estimate of drug-likeness (QED) is 0.527. The van der Waals surface area contributed by atoms with Crippen LogP contribution in [0.25, 0.3) is 5.78 Å². The number of nitrogens with zero attached hydrogens (tertiary/aromatic N) is 4. The molecular weight excluding hydrogens is 320 g/mol. The largest absolute Gasteiger partial charge is 0.493 e. The molecule has 3 aromatic rings. The number of halogens is 1. The van der Waals surface area contributed by atoms with Gasteiger partial charge in [-0.1, -0.05) is 29.4 Å². The second-order valence-corrected chi connectivity index (χ2v) is 6.31. The molecule has 3 rings (SSSR count). The third kappa shape index (κ3) is 3.34. The van der Waals surface area contributed by atoms with Crippen LogP contribution in [0.4, 0.5) is 0 Å². The van der Waals surface area contributed by atoms with Crippen LogP contribution in [0.1, 0.15) is 11.4 Å². The normalized spacial score (nSPS) is 11.0. The van der Waals surface area contributed by atoms with Crippen LogP contribution in [0.2, 0.25) is 5.02 Å². The lowest BCUT2D eigenvalue weighted by Gasteiger charge is -2.06. The summed E-state index contributed by atoms with van der Waals surface area (Å²) in [5.74, 6) is 2.17. The highest BCUT2D eigenvalue weighted by Gasteiger charge is 2.10. The van der Waals surface area contributed by atoms with Crippen LogP contribution in [-0.4, -0.2) is 31.9 Å². The average Bonchev–Trinajstić information content (AvgIpc) is 2.87. The highest BCUT2D eigenvalue weighted by molar-refractivity contribution is 7.99. The zero-order valence-corrected chi connectivity index (χ0v) is 13.9. The monoisotopic (exact) mass is 334 g/mol. The Labute approximate surface area is 137 Å². The molecule has 0 aliphatic heterocycles. The van der Waals surface area contributed by atoms with Gasteiger partial charge >= 0.3 is 0 Å². The van der Waals surface area contributed by atoms with Crippen molar-refractivity contribution in [1.29, 1.82) is 0 Å². The summed E-state index contributed by atoms with van der Waals surface area (Å²) in [7, 11) is 0. The Morgan fingerprint density at radius 3 is 2.91 bits per heavy atom. The minimum atomic E-state index is 0.568. The van der Waals surface area contributed by atoms with Gasteiger partial charge in [0.15, 0.2) is 5.16 Å². The second kappa shape index (κ2) is 6.54. The standard InChI is InChI=1S/C15H15ClN4OS/c1-10-8-11(2)20-14(17-10)18-19-15(20)22-7-6-21-13-5-3-4-12(16)9-13/h3-5,8-9H,6-7H2,1-2H3. The van der Waals surface area contributed by atoms with Gasteiger partial charge in [0.2, 0.25) is 0 Å². The van der Waals surface area contributed by atoms with Gasteiger partial charge in [-0.05, 0) is 38.1 Å². The first-order valence-electron chi connectivity index (χ1n) is 6.84. The van der Waals surface area contributed by atoms with Crippen LogP contribution in [0.3, 0.4) is 0 Å². The zero-order valence-electron chi connectivity index (χ0n) is 12.3. The van der Waals surface area contributed by atoms with E-state index in [0.717, 1.165) is 28.0 Å². The molecule has 0 atom stereocenters. The molecule has 2 aromatic heterocycles. The second-order valence-electron chi connectivity index (χ2n) is 4.81. The SMILES string of the molecule is Cc1cc(C)n2c(SCCOc3cccc(Cl)c3)nnc2n1. The molecular formula is C15H15ClN4OS. The summed E-state index contributed by atoms with van der Waals surface area (Å²) in [6.45, 7) is 4.54. The minimum Gasteiger partial charge on any atom is -0.493 e. The first-order valence-corrected chi connectivity index (χ1v) is 8.20. The molecule has 0 bridgehead atoms. The first-order chi connectivity index (χ1) is 10.6. The fourth-order valence-electron chi connectivity index (χ4n) is 2.14. The number of benzene rings is 1. The molecule has 0 unspecified atom stereocenters. The predicted molar refractivity (Wildman–Crippen MR) is 87.9 cm³/mol. The van der Waals surface area contributed by atoms with Crippen molar-refractivity contribution >= 4 is 29.1 Å². The molecule has 0 aliphatic rings. The van der Waals surface area contributed by atoms with E-state index in [1.807, 2.05) is 42.5 Å². The van der Waals surface area contributed by atoms with Crippen molar-refractivity contribution in [1.82, 2.24) is 19.6 Å². The maximum absolute atomic E-state index is 5.92. The molecule has 0 saturated heterocycles. The first kappa shape index (κ1) is 15.1. The van der Waals surface area contributed by atoms with Gasteiger partial charge in [-0.15, -0.1) is 10.2 Å². The van der Waals surface area contributed by atoms with E-state index < -0.39 is 0 Å². The molecule has 114 valence electrons. The molecule has 0 spiro atoms. The number of hydrogen-bond donors (Lipinski definition) is 0. The molecule has 0 aliphatic carbocycles. The summed E-state index contributed by atoms with van der Waals surface area (Å²) in [4.78, 5) is 4.37. The van der Waals surface area contributed by atoms with E-state index in [2.05, 4.69) is 15.2 Å². The topological polar surface area (TPSA) is 52.3 Å². The molecule has 5 nitrogen and oxygen atoms in total. The van der Waals surface area contributed by atoms with Crippen LogP contribution in [-0.2, 0) is 0 Å². The molecule has 0 N–H and O–H groups in total. The predicted octanol–water partition coefficient (Wildman–Crippen LogP) is 3.57. The maximum atomic E-state index is 5.92. The van der Waals surface area contributed by atoms with Gasteiger partial charge in [0.05, 0.1) is 6.61 Å². The van der Waals surface area contributed by atoms with Crippen molar-refractivity contribution in [2.45, 2.75) is 19.0 Å². The molecule has 0 radical (unpaired) electrons. The van der Waals surface area contributed by atoms with Crippen LogP contribution in [0, 0.1) is 13.8 Å². The number of rotatable bonds is 5. The van der Waals surface area contributed by atoms with Crippen LogP contribution in [0.5, 0.6) is 5.75 Å². The summed E-state index contributed by atoms with van der Waals surface area (Å²) in [6, 6.07) is 9.40. The van der Waals surface area contributed by atoms with Crippen molar-refractivity contribution in [3.8, 4) is 5.75 Å². The molecule has 1 aromatic carbocycles. The molecule has 0 amide bonds. The van der Waals surface area contributed by atoms with E-state index in [1.54, 1.807) is 17.8 Å². The summed E-state index contributed by atoms with van der Waals surface area (Å²) >= 11 is 7.51. The Balaban J connectivity index is 1.62. The highest BCUT2D eigenvalue weighted by Crippen LogP contribution is 2.20. The van der Waals surface area contributed by atoms with Gasteiger partial charge < -0.3 is 4.74 Å². The Hall–Kier alpha value is -1.79. The van der Waals surface area contributed by atoms with Crippen molar-refractivity contribution < 1.29 is 4.74 Å². The van der Waals surface area contributed by atoms with Gasteiger partial charge in [-0.2, -0.15) is 0 Å². The summed E-state index contributed by atoms with van der Waals surface area (Å²) in [5, 5.41) is 9.80. The van der Waals surface area contributed by atoms with Gasteiger partial charge in [-0.25, -0.2) is 4.98 Å². The Morgan fingerprint density at radius 1 is 1.23 bits per heavy atom. The fraction of sp³-hybridized carbons (Fsp3) is 0.267. The third-order valence-electron chi connectivity index (χ3n) is 3.04. The number of hydrogen-bond acceptors (Lipinski definition) is 5. The summed E-state index contributed by atoms with van der Waals surface area (Å²) < 4.78 is 7.62.